The molecule has 2 aromatic rings. The molecule has 0 unspecified atom stereocenters. The van der Waals surface area contributed by atoms with Crippen molar-refractivity contribution in [1.29, 1.82) is 0 Å². The minimum Gasteiger partial charge on any atom is -0.288 e. The molecule has 3 N–H and O–H groups in total. The van der Waals surface area contributed by atoms with Gasteiger partial charge in [0.25, 0.3) is 11.8 Å². The fourth-order valence-corrected chi connectivity index (χ4v) is 1.98. The minimum atomic E-state index is -0.658. The number of benzene rings is 2. The van der Waals surface area contributed by atoms with Crippen molar-refractivity contribution in [3.8, 4) is 0 Å². The summed E-state index contributed by atoms with van der Waals surface area (Å²) in [5.74, 6) is -1.06. The average molecular weight is 344 g/mol. The molecule has 0 bridgehead atoms. The molecule has 2 amide bonds. The van der Waals surface area contributed by atoms with Crippen LogP contribution < -0.4 is 10.9 Å². The number of hydrogen-bond donors (Lipinski definition) is 3. The van der Waals surface area contributed by atoms with Gasteiger partial charge in [0, 0.05) is 22.2 Å². The van der Waals surface area contributed by atoms with Crippen LogP contribution in [0, 0.1) is 0 Å². The molecule has 0 aliphatic carbocycles. The molecule has 0 spiro atoms. The lowest BCUT2D eigenvalue weighted by Gasteiger charge is -2.02. The summed E-state index contributed by atoms with van der Waals surface area (Å²) >= 11 is 5.99. The highest BCUT2D eigenvalue weighted by atomic mass is 35.5. The number of hydrazone groups is 1. The molecule has 2 aromatic carbocycles. The van der Waals surface area contributed by atoms with Crippen LogP contribution in [-0.4, -0.2) is 23.2 Å². The van der Waals surface area contributed by atoms with Gasteiger partial charge in [-0.1, -0.05) is 41.9 Å². The molecule has 0 saturated carbocycles. The molecule has 7 heteroatoms. The lowest BCUT2D eigenvalue weighted by atomic mass is 10.1. The summed E-state index contributed by atoms with van der Waals surface area (Å²) in [6.07, 6.45) is 4.07. The van der Waals surface area contributed by atoms with Gasteiger partial charge in [0.1, 0.15) is 0 Å². The van der Waals surface area contributed by atoms with Gasteiger partial charge < -0.3 is 0 Å². The van der Waals surface area contributed by atoms with Gasteiger partial charge in [-0.15, -0.1) is 0 Å². The van der Waals surface area contributed by atoms with Crippen molar-refractivity contribution in [3.05, 3.63) is 76.3 Å². The zero-order valence-electron chi connectivity index (χ0n) is 12.4. The lowest BCUT2D eigenvalue weighted by molar-refractivity contribution is -0.124. The number of halogens is 1. The highest BCUT2D eigenvalue weighted by Crippen LogP contribution is 2.12. The zero-order valence-corrected chi connectivity index (χ0v) is 13.2. The van der Waals surface area contributed by atoms with E-state index in [1.807, 2.05) is 6.07 Å². The first-order valence-electron chi connectivity index (χ1n) is 6.90. The number of nitrogens with one attached hydrogen (secondary N) is 2. The monoisotopic (exact) mass is 343 g/mol. The Morgan fingerprint density at radius 1 is 1.12 bits per heavy atom. The van der Waals surface area contributed by atoms with Crippen molar-refractivity contribution in [2.45, 2.75) is 0 Å². The predicted molar refractivity (Wildman–Crippen MR) is 91.9 cm³/mol. The Kier molecular flexibility index (Phi) is 6.24. The largest absolute Gasteiger partial charge is 0.288 e. The standard InChI is InChI=1S/C17H14ClN3O3/c18-15-7-2-1-5-14(15)11-19-20-17(23)13-6-3-4-12(10-13)8-9-16(22)21-24/h1-11,24H,(H,20,23)(H,21,22). The number of amides is 2. The Morgan fingerprint density at radius 2 is 1.92 bits per heavy atom. The quantitative estimate of drug-likeness (QED) is 0.337. The van der Waals surface area contributed by atoms with Crippen LogP contribution in [0.25, 0.3) is 6.08 Å². The molecule has 24 heavy (non-hydrogen) atoms. The molecule has 0 radical (unpaired) electrons. The maximum absolute atomic E-state index is 12.1. The molecular formula is C17H14ClN3O3. The van der Waals surface area contributed by atoms with E-state index in [4.69, 9.17) is 16.8 Å². The molecule has 0 atom stereocenters. The topological polar surface area (TPSA) is 90.8 Å². The van der Waals surface area contributed by atoms with E-state index in [2.05, 4.69) is 10.5 Å². The van der Waals surface area contributed by atoms with E-state index in [0.29, 0.717) is 21.7 Å². The third kappa shape index (κ3) is 5.05. The smallest absolute Gasteiger partial charge is 0.271 e. The van der Waals surface area contributed by atoms with Crippen LogP contribution in [0.4, 0.5) is 0 Å². The first kappa shape index (κ1) is 17.4. The van der Waals surface area contributed by atoms with E-state index >= 15 is 0 Å². The molecule has 0 aromatic heterocycles. The molecular weight excluding hydrogens is 330 g/mol. The fraction of sp³-hybridized carbons (Fsp3) is 0. The highest BCUT2D eigenvalue weighted by molar-refractivity contribution is 6.33. The maximum Gasteiger partial charge on any atom is 0.271 e. The van der Waals surface area contributed by atoms with Gasteiger partial charge in [-0.3, -0.25) is 14.8 Å². The number of hydrogen-bond acceptors (Lipinski definition) is 4. The Morgan fingerprint density at radius 3 is 2.67 bits per heavy atom. The van der Waals surface area contributed by atoms with Crippen molar-refractivity contribution in [1.82, 2.24) is 10.9 Å². The number of rotatable bonds is 5. The zero-order chi connectivity index (χ0) is 17.4. The number of carbonyl (C=O) groups excluding carboxylic acids is 2. The summed E-state index contributed by atoms with van der Waals surface area (Å²) < 4.78 is 0. The van der Waals surface area contributed by atoms with Crippen LogP contribution >= 0.6 is 11.6 Å². The molecule has 122 valence electrons. The fourth-order valence-electron chi connectivity index (χ4n) is 1.80. The number of hydroxylamine groups is 1. The van der Waals surface area contributed by atoms with E-state index in [-0.39, 0.29) is 0 Å². The predicted octanol–water partition coefficient (Wildman–Crippen LogP) is 2.62. The number of nitrogens with zero attached hydrogens (tertiary/aromatic N) is 1. The summed E-state index contributed by atoms with van der Waals surface area (Å²) in [5, 5.41) is 12.8. The third-order valence-electron chi connectivity index (χ3n) is 2.96. The van der Waals surface area contributed by atoms with Crippen molar-refractivity contribution in [2.24, 2.45) is 5.10 Å². The molecule has 0 fully saturated rings. The van der Waals surface area contributed by atoms with E-state index in [1.54, 1.807) is 42.5 Å². The van der Waals surface area contributed by atoms with Gasteiger partial charge in [-0.25, -0.2) is 10.9 Å². The minimum absolute atomic E-state index is 0.373. The van der Waals surface area contributed by atoms with Crippen molar-refractivity contribution < 1.29 is 14.8 Å². The van der Waals surface area contributed by atoms with Gasteiger partial charge in [-0.05, 0) is 29.8 Å². The second-order valence-electron chi connectivity index (χ2n) is 4.66. The molecule has 0 heterocycles. The van der Waals surface area contributed by atoms with Gasteiger partial charge >= 0.3 is 0 Å². The van der Waals surface area contributed by atoms with Gasteiger partial charge in [0.15, 0.2) is 0 Å². The van der Waals surface area contributed by atoms with Crippen LogP contribution in [0.15, 0.2) is 59.7 Å². The van der Waals surface area contributed by atoms with Gasteiger partial charge in [0.05, 0.1) is 6.21 Å². The van der Waals surface area contributed by atoms with E-state index in [0.717, 1.165) is 6.08 Å². The SMILES string of the molecule is O=C(C=Cc1cccc(C(=O)NN=Cc2ccccc2Cl)c1)NO. The van der Waals surface area contributed by atoms with E-state index < -0.39 is 11.8 Å². The van der Waals surface area contributed by atoms with Crippen LogP contribution in [0.3, 0.4) is 0 Å². The third-order valence-corrected chi connectivity index (χ3v) is 3.31. The number of carbonyl (C=O) groups is 2. The van der Waals surface area contributed by atoms with E-state index in [1.165, 1.54) is 17.8 Å². The highest BCUT2D eigenvalue weighted by Gasteiger charge is 2.04. The lowest BCUT2D eigenvalue weighted by Crippen LogP contribution is -2.17. The first-order chi connectivity index (χ1) is 11.6. The van der Waals surface area contributed by atoms with Crippen molar-refractivity contribution in [2.75, 3.05) is 0 Å². The van der Waals surface area contributed by atoms with Crippen molar-refractivity contribution in [3.63, 3.8) is 0 Å². The summed E-state index contributed by atoms with van der Waals surface area (Å²) in [6, 6.07) is 13.7. The Bertz CT molecular complexity index is 803. The second-order valence-corrected chi connectivity index (χ2v) is 5.06. The van der Waals surface area contributed by atoms with E-state index in [9.17, 15) is 9.59 Å². The summed E-state index contributed by atoms with van der Waals surface area (Å²) in [7, 11) is 0. The molecule has 0 saturated heterocycles. The summed E-state index contributed by atoms with van der Waals surface area (Å²) in [4.78, 5) is 23.0. The average Bonchev–Trinajstić information content (AvgIpc) is 2.61. The summed E-state index contributed by atoms with van der Waals surface area (Å²) in [5.41, 5.74) is 5.58. The normalized spacial score (nSPS) is 10.9. The van der Waals surface area contributed by atoms with Crippen LogP contribution in [0.1, 0.15) is 21.5 Å². The Balaban J connectivity index is 2.03. The molecule has 2 rings (SSSR count). The van der Waals surface area contributed by atoms with Crippen LogP contribution in [0.5, 0.6) is 0 Å². The van der Waals surface area contributed by atoms with Gasteiger partial charge in [-0.2, -0.15) is 5.10 Å². The molecule has 0 aliphatic heterocycles. The van der Waals surface area contributed by atoms with Crippen LogP contribution in [-0.2, 0) is 4.79 Å². The second kappa shape index (κ2) is 8.61. The van der Waals surface area contributed by atoms with Crippen LogP contribution in [0.2, 0.25) is 5.02 Å². The first-order valence-corrected chi connectivity index (χ1v) is 7.28. The Hall–Kier alpha value is -2.96. The van der Waals surface area contributed by atoms with Gasteiger partial charge in [0.2, 0.25) is 0 Å². The van der Waals surface area contributed by atoms with Crippen molar-refractivity contribution >= 4 is 35.7 Å². The Labute approximate surface area is 143 Å². The molecule has 6 nitrogen and oxygen atoms in total. The maximum atomic E-state index is 12.1. The summed E-state index contributed by atoms with van der Waals surface area (Å²) in [6.45, 7) is 0. The molecule has 0 aliphatic rings.